The Bertz CT molecular complexity index is 411. The molecule has 0 fully saturated rings. The van der Waals surface area contributed by atoms with Gasteiger partial charge in [0.2, 0.25) is 0 Å². The Labute approximate surface area is 99.6 Å². The zero-order valence-corrected chi connectivity index (χ0v) is 10.2. The fourth-order valence-corrected chi connectivity index (χ4v) is 1.36. The number of hydrogen-bond donors (Lipinski definition) is 1. The highest BCUT2D eigenvalue weighted by molar-refractivity contribution is 6.42. The standard InChI is InChI=1S/C11H12Cl2N2/c1-7(2)11(14-3)15-8-4-5-9(12)10(13)6-8/h4-6H,1H2,2-3H3,(H,14,15). The lowest BCUT2D eigenvalue weighted by Gasteiger charge is -2.09. The van der Waals surface area contributed by atoms with E-state index in [-0.39, 0.29) is 0 Å². The van der Waals surface area contributed by atoms with E-state index in [1.165, 1.54) is 0 Å². The number of halogens is 2. The average Bonchev–Trinajstić information content (AvgIpc) is 2.19. The van der Waals surface area contributed by atoms with Crippen molar-refractivity contribution in [2.75, 3.05) is 12.4 Å². The van der Waals surface area contributed by atoms with Gasteiger partial charge in [-0.05, 0) is 30.7 Å². The Kier molecular flexibility index (Phi) is 4.18. The number of aliphatic imine (C=N–C) groups is 1. The van der Waals surface area contributed by atoms with Crippen LogP contribution in [0.5, 0.6) is 0 Å². The van der Waals surface area contributed by atoms with Gasteiger partial charge in [0, 0.05) is 12.7 Å². The van der Waals surface area contributed by atoms with Gasteiger partial charge in [0.15, 0.2) is 0 Å². The minimum absolute atomic E-state index is 0.513. The first-order chi connectivity index (χ1) is 7.04. The Hall–Kier alpha value is -0.990. The SMILES string of the molecule is C=C(C)C(=NC)Nc1ccc(Cl)c(Cl)c1. The van der Waals surface area contributed by atoms with E-state index in [2.05, 4.69) is 16.9 Å². The summed E-state index contributed by atoms with van der Waals surface area (Å²) < 4.78 is 0. The van der Waals surface area contributed by atoms with Crippen molar-refractivity contribution in [2.24, 2.45) is 4.99 Å². The number of amidine groups is 1. The van der Waals surface area contributed by atoms with Crippen molar-refractivity contribution in [3.05, 3.63) is 40.4 Å². The van der Waals surface area contributed by atoms with Crippen LogP contribution < -0.4 is 5.32 Å². The second-order valence-electron chi connectivity index (χ2n) is 3.11. The predicted octanol–water partition coefficient (Wildman–Crippen LogP) is 4.01. The van der Waals surface area contributed by atoms with Crippen LogP contribution in [0.25, 0.3) is 0 Å². The maximum atomic E-state index is 5.89. The Morgan fingerprint density at radius 3 is 2.47 bits per heavy atom. The molecule has 0 saturated carbocycles. The van der Waals surface area contributed by atoms with Crippen molar-refractivity contribution in [2.45, 2.75) is 6.92 Å². The molecule has 0 aliphatic carbocycles. The van der Waals surface area contributed by atoms with Crippen LogP contribution in [-0.4, -0.2) is 12.9 Å². The maximum Gasteiger partial charge on any atom is 0.127 e. The monoisotopic (exact) mass is 242 g/mol. The molecule has 0 atom stereocenters. The summed E-state index contributed by atoms with van der Waals surface area (Å²) >= 11 is 11.7. The van der Waals surface area contributed by atoms with Crippen molar-refractivity contribution < 1.29 is 0 Å². The first-order valence-corrected chi connectivity index (χ1v) is 5.15. The first kappa shape index (κ1) is 12.1. The molecule has 2 nitrogen and oxygen atoms in total. The van der Waals surface area contributed by atoms with Crippen LogP contribution in [0.15, 0.2) is 35.3 Å². The highest BCUT2D eigenvalue weighted by Gasteiger charge is 2.02. The number of nitrogens with zero attached hydrogens (tertiary/aromatic N) is 1. The first-order valence-electron chi connectivity index (χ1n) is 4.39. The molecule has 0 radical (unpaired) electrons. The zero-order chi connectivity index (χ0) is 11.4. The molecule has 0 aliphatic heterocycles. The van der Waals surface area contributed by atoms with Gasteiger partial charge in [-0.1, -0.05) is 29.8 Å². The van der Waals surface area contributed by atoms with Crippen LogP contribution in [0.4, 0.5) is 5.69 Å². The lowest BCUT2D eigenvalue weighted by molar-refractivity contribution is 1.39. The maximum absolute atomic E-state index is 5.89. The van der Waals surface area contributed by atoms with Gasteiger partial charge >= 0.3 is 0 Å². The van der Waals surface area contributed by atoms with Gasteiger partial charge in [-0.3, -0.25) is 4.99 Å². The van der Waals surface area contributed by atoms with Crippen LogP contribution in [0.1, 0.15) is 6.92 Å². The van der Waals surface area contributed by atoms with Crippen molar-refractivity contribution in [3.8, 4) is 0 Å². The number of anilines is 1. The minimum atomic E-state index is 0.513. The third-order valence-electron chi connectivity index (χ3n) is 1.81. The van der Waals surface area contributed by atoms with Crippen LogP contribution in [0.2, 0.25) is 10.0 Å². The summed E-state index contributed by atoms with van der Waals surface area (Å²) in [5.74, 6) is 0.730. The second kappa shape index (κ2) is 5.19. The lowest BCUT2D eigenvalue weighted by atomic mass is 10.2. The van der Waals surface area contributed by atoms with Crippen LogP contribution in [0, 0.1) is 0 Å². The number of hydrogen-bond acceptors (Lipinski definition) is 1. The minimum Gasteiger partial charge on any atom is -0.340 e. The molecule has 0 heterocycles. The van der Waals surface area contributed by atoms with E-state index in [9.17, 15) is 0 Å². The van der Waals surface area contributed by atoms with Gasteiger partial charge in [0.25, 0.3) is 0 Å². The molecular weight excluding hydrogens is 231 g/mol. The van der Waals surface area contributed by atoms with E-state index in [0.29, 0.717) is 10.0 Å². The Morgan fingerprint density at radius 2 is 2.00 bits per heavy atom. The van der Waals surface area contributed by atoms with E-state index in [0.717, 1.165) is 17.1 Å². The van der Waals surface area contributed by atoms with E-state index < -0.39 is 0 Å². The summed E-state index contributed by atoms with van der Waals surface area (Å²) in [5.41, 5.74) is 1.71. The van der Waals surface area contributed by atoms with Gasteiger partial charge in [0.1, 0.15) is 5.84 Å². The quantitative estimate of drug-likeness (QED) is 0.615. The molecular formula is C11H12Cl2N2. The van der Waals surface area contributed by atoms with Crippen LogP contribution >= 0.6 is 23.2 Å². The molecule has 1 N–H and O–H groups in total. The summed E-state index contributed by atoms with van der Waals surface area (Å²) in [7, 11) is 1.70. The van der Waals surface area contributed by atoms with E-state index >= 15 is 0 Å². The number of rotatable bonds is 2. The summed E-state index contributed by atoms with van der Waals surface area (Å²) in [4.78, 5) is 4.06. The highest BCUT2D eigenvalue weighted by atomic mass is 35.5. The molecule has 80 valence electrons. The molecule has 4 heteroatoms. The molecule has 0 amide bonds. The molecule has 0 bridgehead atoms. The topological polar surface area (TPSA) is 24.4 Å². The molecule has 0 saturated heterocycles. The fraction of sp³-hybridized carbons (Fsp3) is 0.182. The van der Waals surface area contributed by atoms with Gasteiger partial charge in [-0.25, -0.2) is 0 Å². The van der Waals surface area contributed by atoms with Gasteiger partial charge in [-0.15, -0.1) is 0 Å². The van der Waals surface area contributed by atoms with Crippen LogP contribution in [0.3, 0.4) is 0 Å². The van der Waals surface area contributed by atoms with E-state index in [1.807, 2.05) is 13.0 Å². The van der Waals surface area contributed by atoms with Crippen molar-refractivity contribution in [1.82, 2.24) is 0 Å². The van der Waals surface area contributed by atoms with Crippen molar-refractivity contribution in [3.63, 3.8) is 0 Å². The second-order valence-corrected chi connectivity index (χ2v) is 3.92. The molecule has 1 aromatic carbocycles. The summed E-state index contributed by atoms with van der Waals surface area (Å²) in [6.07, 6.45) is 0. The molecule has 0 unspecified atom stereocenters. The Balaban J connectivity index is 2.90. The third kappa shape index (κ3) is 3.26. The summed E-state index contributed by atoms with van der Waals surface area (Å²) in [6, 6.07) is 5.32. The van der Waals surface area contributed by atoms with Gasteiger partial charge < -0.3 is 5.32 Å². The molecule has 15 heavy (non-hydrogen) atoms. The molecule has 0 aromatic heterocycles. The Morgan fingerprint density at radius 1 is 1.33 bits per heavy atom. The third-order valence-corrected chi connectivity index (χ3v) is 2.55. The average molecular weight is 243 g/mol. The smallest absolute Gasteiger partial charge is 0.127 e. The molecule has 1 rings (SSSR count). The van der Waals surface area contributed by atoms with Crippen molar-refractivity contribution in [1.29, 1.82) is 0 Å². The lowest BCUT2D eigenvalue weighted by Crippen LogP contribution is -2.12. The largest absolute Gasteiger partial charge is 0.340 e. The zero-order valence-electron chi connectivity index (χ0n) is 8.64. The van der Waals surface area contributed by atoms with Gasteiger partial charge in [0.05, 0.1) is 10.0 Å². The molecule has 1 aromatic rings. The predicted molar refractivity (Wildman–Crippen MR) is 68.3 cm³/mol. The normalized spacial score (nSPS) is 11.3. The number of nitrogens with one attached hydrogen (secondary N) is 1. The van der Waals surface area contributed by atoms with E-state index in [4.69, 9.17) is 23.2 Å². The molecule has 0 aliphatic rings. The van der Waals surface area contributed by atoms with Crippen LogP contribution in [-0.2, 0) is 0 Å². The summed E-state index contributed by atoms with van der Waals surface area (Å²) in [5, 5.41) is 4.15. The van der Waals surface area contributed by atoms with Crippen molar-refractivity contribution >= 4 is 34.7 Å². The molecule has 0 spiro atoms. The number of benzene rings is 1. The van der Waals surface area contributed by atoms with E-state index in [1.54, 1.807) is 19.2 Å². The highest BCUT2D eigenvalue weighted by Crippen LogP contribution is 2.25. The fourth-order valence-electron chi connectivity index (χ4n) is 1.06. The summed E-state index contributed by atoms with van der Waals surface area (Å²) in [6.45, 7) is 5.69. The van der Waals surface area contributed by atoms with Gasteiger partial charge in [-0.2, -0.15) is 0 Å².